The molecule has 0 spiro atoms. The smallest absolute Gasteiger partial charge is 0.249 e. The van der Waals surface area contributed by atoms with Crippen molar-refractivity contribution in [3.8, 4) is 29.0 Å². The molecule has 0 radical (unpaired) electrons. The van der Waals surface area contributed by atoms with Crippen LogP contribution in [0.4, 0.5) is 5.69 Å². The molecule has 0 aliphatic heterocycles. The van der Waals surface area contributed by atoms with E-state index in [1.54, 1.807) is 31.4 Å². The molecule has 0 unspecified atom stereocenters. The maximum Gasteiger partial charge on any atom is 0.249 e. The molecule has 1 heterocycles. The van der Waals surface area contributed by atoms with E-state index < -0.39 is 0 Å². The van der Waals surface area contributed by atoms with E-state index in [4.69, 9.17) is 31.5 Å². The molecule has 134 valence electrons. The zero-order valence-electron chi connectivity index (χ0n) is 14.6. The van der Waals surface area contributed by atoms with Gasteiger partial charge in [0.15, 0.2) is 5.69 Å². The minimum atomic E-state index is 0.202. The van der Waals surface area contributed by atoms with Gasteiger partial charge in [0.1, 0.15) is 23.6 Å². The topological polar surface area (TPSA) is 79.5 Å². The number of hydrogen-bond acceptors (Lipinski definition) is 6. The van der Waals surface area contributed by atoms with Crippen molar-refractivity contribution in [1.29, 1.82) is 0 Å². The Hall–Kier alpha value is -2.99. The van der Waals surface area contributed by atoms with Crippen molar-refractivity contribution in [2.24, 2.45) is 0 Å². The molecule has 1 aromatic heterocycles. The van der Waals surface area contributed by atoms with Gasteiger partial charge in [0, 0.05) is 5.02 Å². The lowest BCUT2D eigenvalue weighted by Crippen LogP contribution is -2.01. The van der Waals surface area contributed by atoms with E-state index in [0.29, 0.717) is 16.5 Å². The van der Waals surface area contributed by atoms with Crippen LogP contribution < -0.4 is 19.9 Å². The number of halogens is 1. The fourth-order valence-corrected chi connectivity index (χ4v) is 2.47. The highest BCUT2D eigenvalue weighted by Gasteiger charge is 2.14. The summed E-state index contributed by atoms with van der Waals surface area (Å²) in [5, 5.41) is 0.705. The lowest BCUT2D eigenvalue weighted by Gasteiger charge is -2.12. The molecule has 0 aliphatic carbocycles. The molecule has 0 saturated carbocycles. The number of nitrogens with two attached hydrogens (primary N) is 1. The Morgan fingerprint density at radius 3 is 1.88 bits per heavy atom. The van der Waals surface area contributed by atoms with E-state index in [9.17, 15) is 0 Å². The van der Waals surface area contributed by atoms with E-state index in [0.717, 1.165) is 16.9 Å². The Labute approximate surface area is 156 Å². The molecule has 26 heavy (non-hydrogen) atoms. The highest BCUT2D eigenvalue weighted by Crippen LogP contribution is 2.35. The molecule has 0 saturated heterocycles. The number of benzene rings is 2. The molecule has 0 fully saturated rings. The van der Waals surface area contributed by atoms with Crippen LogP contribution in [0.5, 0.6) is 29.0 Å². The number of nitrogen functional groups attached to an aromatic ring is 1. The first-order chi connectivity index (χ1) is 12.5. The normalized spacial score (nSPS) is 10.5. The molecule has 0 amide bonds. The summed E-state index contributed by atoms with van der Waals surface area (Å²) in [5.74, 6) is 2.31. The average Bonchev–Trinajstić information content (AvgIpc) is 2.63. The second kappa shape index (κ2) is 7.49. The molecule has 0 atom stereocenters. The first kappa shape index (κ1) is 17.8. The van der Waals surface area contributed by atoms with Gasteiger partial charge in [0.2, 0.25) is 11.8 Å². The molecule has 2 N–H and O–H groups in total. The van der Waals surface area contributed by atoms with Crippen molar-refractivity contribution in [3.63, 3.8) is 0 Å². The maximum absolute atomic E-state index is 6.19. The third kappa shape index (κ3) is 3.81. The standard InChI is InChI=1S/C19H18ClN3O3/c1-11-8-15(9-12(2)16(11)20)26-19-17(21)18(22-10-23-19)25-14-6-4-13(24-3)5-7-14/h4-10H,21H2,1-3H3. The van der Waals surface area contributed by atoms with Crippen LogP contribution in [-0.4, -0.2) is 17.1 Å². The number of ether oxygens (including phenoxy) is 3. The van der Waals surface area contributed by atoms with E-state index in [-0.39, 0.29) is 17.4 Å². The minimum Gasteiger partial charge on any atom is -0.497 e. The Kier molecular flexibility index (Phi) is 5.14. The predicted molar refractivity (Wildman–Crippen MR) is 101 cm³/mol. The van der Waals surface area contributed by atoms with Gasteiger partial charge < -0.3 is 19.9 Å². The van der Waals surface area contributed by atoms with Gasteiger partial charge in [-0.2, -0.15) is 9.97 Å². The number of aryl methyl sites for hydroxylation is 2. The van der Waals surface area contributed by atoms with Crippen molar-refractivity contribution in [2.75, 3.05) is 12.8 Å². The zero-order chi connectivity index (χ0) is 18.7. The molecule has 3 aromatic rings. The highest BCUT2D eigenvalue weighted by molar-refractivity contribution is 6.32. The molecule has 7 heteroatoms. The molecule has 0 aliphatic rings. The zero-order valence-corrected chi connectivity index (χ0v) is 15.4. The van der Waals surface area contributed by atoms with Crippen LogP contribution in [0.1, 0.15) is 11.1 Å². The lowest BCUT2D eigenvalue weighted by molar-refractivity contribution is 0.411. The summed E-state index contributed by atoms with van der Waals surface area (Å²) >= 11 is 6.19. The summed E-state index contributed by atoms with van der Waals surface area (Å²) in [6.07, 6.45) is 1.33. The Balaban J connectivity index is 1.84. The van der Waals surface area contributed by atoms with Crippen molar-refractivity contribution in [2.45, 2.75) is 13.8 Å². The fourth-order valence-electron chi connectivity index (χ4n) is 2.36. The van der Waals surface area contributed by atoms with Crippen molar-refractivity contribution in [1.82, 2.24) is 9.97 Å². The van der Waals surface area contributed by atoms with Crippen LogP contribution in [0.2, 0.25) is 5.02 Å². The van der Waals surface area contributed by atoms with Crippen molar-refractivity contribution in [3.05, 3.63) is 58.9 Å². The second-order valence-corrected chi connectivity index (χ2v) is 6.03. The van der Waals surface area contributed by atoms with Gasteiger partial charge in [0.05, 0.1) is 7.11 Å². The number of anilines is 1. The van der Waals surface area contributed by atoms with Gasteiger partial charge in [-0.05, 0) is 61.4 Å². The largest absolute Gasteiger partial charge is 0.497 e. The van der Waals surface area contributed by atoms with E-state index in [1.165, 1.54) is 6.33 Å². The van der Waals surface area contributed by atoms with Gasteiger partial charge in [-0.25, -0.2) is 0 Å². The van der Waals surface area contributed by atoms with Gasteiger partial charge in [-0.15, -0.1) is 0 Å². The summed E-state index contributed by atoms with van der Waals surface area (Å²) in [6.45, 7) is 3.81. The summed E-state index contributed by atoms with van der Waals surface area (Å²) in [6, 6.07) is 10.7. The summed E-state index contributed by atoms with van der Waals surface area (Å²) in [4.78, 5) is 8.17. The second-order valence-electron chi connectivity index (χ2n) is 5.65. The summed E-state index contributed by atoms with van der Waals surface area (Å²) < 4.78 is 16.6. The minimum absolute atomic E-state index is 0.202. The predicted octanol–water partition coefficient (Wildman–Crippen LogP) is 4.92. The number of methoxy groups -OCH3 is 1. The van der Waals surface area contributed by atoms with Gasteiger partial charge in [-0.3, -0.25) is 0 Å². The van der Waals surface area contributed by atoms with Crippen LogP contribution in [0.3, 0.4) is 0 Å². The van der Waals surface area contributed by atoms with Gasteiger partial charge in [0.25, 0.3) is 0 Å². The lowest BCUT2D eigenvalue weighted by atomic mass is 10.1. The van der Waals surface area contributed by atoms with Crippen LogP contribution in [-0.2, 0) is 0 Å². The van der Waals surface area contributed by atoms with Crippen LogP contribution in [0.25, 0.3) is 0 Å². The summed E-state index contributed by atoms with van der Waals surface area (Å²) in [5.41, 5.74) is 8.13. The van der Waals surface area contributed by atoms with E-state index >= 15 is 0 Å². The summed E-state index contributed by atoms with van der Waals surface area (Å²) in [7, 11) is 1.60. The molecule has 2 aromatic carbocycles. The number of hydrogen-bond donors (Lipinski definition) is 1. The molecule has 3 rings (SSSR count). The quantitative estimate of drug-likeness (QED) is 0.685. The molecular formula is C19H18ClN3O3. The van der Waals surface area contributed by atoms with Gasteiger partial charge >= 0.3 is 0 Å². The molecule has 6 nitrogen and oxygen atoms in total. The third-order valence-electron chi connectivity index (χ3n) is 3.71. The van der Waals surface area contributed by atoms with Crippen LogP contribution >= 0.6 is 11.6 Å². The first-order valence-electron chi connectivity index (χ1n) is 7.85. The first-order valence-corrected chi connectivity index (χ1v) is 8.22. The average molecular weight is 372 g/mol. The Morgan fingerprint density at radius 1 is 0.846 bits per heavy atom. The highest BCUT2D eigenvalue weighted by atomic mass is 35.5. The van der Waals surface area contributed by atoms with Crippen LogP contribution in [0.15, 0.2) is 42.7 Å². The maximum atomic E-state index is 6.19. The van der Waals surface area contributed by atoms with Crippen molar-refractivity contribution >= 4 is 17.3 Å². The van der Waals surface area contributed by atoms with E-state index in [1.807, 2.05) is 26.0 Å². The van der Waals surface area contributed by atoms with Gasteiger partial charge in [-0.1, -0.05) is 11.6 Å². The Bertz CT molecular complexity index is 907. The number of aromatic nitrogens is 2. The fraction of sp³-hybridized carbons (Fsp3) is 0.158. The monoisotopic (exact) mass is 371 g/mol. The molecule has 0 bridgehead atoms. The van der Waals surface area contributed by atoms with E-state index in [2.05, 4.69) is 9.97 Å². The SMILES string of the molecule is COc1ccc(Oc2ncnc(Oc3cc(C)c(Cl)c(C)c3)c2N)cc1. The number of nitrogens with zero attached hydrogens (tertiary/aromatic N) is 2. The van der Waals surface area contributed by atoms with Crippen LogP contribution in [0, 0.1) is 13.8 Å². The third-order valence-corrected chi connectivity index (χ3v) is 4.31. The van der Waals surface area contributed by atoms with Crippen molar-refractivity contribution < 1.29 is 14.2 Å². The number of rotatable bonds is 5. The Morgan fingerprint density at radius 2 is 1.35 bits per heavy atom. The molecular weight excluding hydrogens is 354 g/mol.